The SMILES string of the molecule is NC(=NCC1CCCO1)NCCc1ccc(F)c(F)c1F. The lowest BCUT2D eigenvalue weighted by atomic mass is 10.1. The number of nitrogens with two attached hydrogens (primary N) is 1. The highest BCUT2D eigenvalue weighted by atomic mass is 19.2. The van der Waals surface area contributed by atoms with Gasteiger partial charge in [0.1, 0.15) is 0 Å². The summed E-state index contributed by atoms with van der Waals surface area (Å²) in [5.41, 5.74) is 5.75. The highest BCUT2D eigenvalue weighted by Crippen LogP contribution is 2.15. The smallest absolute Gasteiger partial charge is 0.194 e. The molecule has 1 aliphatic heterocycles. The number of ether oxygens (including phenoxy) is 1. The van der Waals surface area contributed by atoms with E-state index < -0.39 is 17.5 Å². The topological polar surface area (TPSA) is 59.6 Å². The molecule has 7 heteroatoms. The zero-order valence-corrected chi connectivity index (χ0v) is 11.5. The summed E-state index contributed by atoms with van der Waals surface area (Å²) in [7, 11) is 0. The largest absolute Gasteiger partial charge is 0.376 e. The molecule has 1 unspecified atom stereocenters. The quantitative estimate of drug-likeness (QED) is 0.495. The Balaban J connectivity index is 1.78. The lowest BCUT2D eigenvalue weighted by Gasteiger charge is -2.09. The van der Waals surface area contributed by atoms with Crippen LogP contribution in [0.2, 0.25) is 0 Å². The van der Waals surface area contributed by atoms with Gasteiger partial charge in [0, 0.05) is 13.2 Å². The van der Waals surface area contributed by atoms with Crippen molar-refractivity contribution < 1.29 is 17.9 Å². The molecule has 1 aromatic rings. The van der Waals surface area contributed by atoms with Crippen molar-refractivity contribution in [2.45, 2.75) is 25.4 Å². The average molecular weight is 301 g/mol. The van der Waals surface area contributed by atoms with Gasteiger partial charge in [0.05, 0.1) is 12.6 Å². The summed E-state index contributed by atoms with van der Waals surface area (Å²) in [6.45, 7) is 1.52. The van der Waals surface area contributed by atoms with E-state index in [1.807, 2.05) is 0 Å². The first-order valence-corrected chi connectivity index (χ1v) is 6.85. The molecule has 21 heavy (non-hydrogen) atoms. The summed E-state index contributed by atoms with van der Waals surface area (Å²) < 4.78 is 44.6. The normalized spacial score (nSPS) is 19.0. The van der Waals surface area contributed by atoms with Crippen LogP contribution < -0.4 is 11.1 Å². The number of hydrogen-bond donors (Lipinski definition) is 2. The molecule has 1 atom stereocenters. The number of rotatable bonds is 5. The van der Waals surface area contributed by atoms with E-state index in [9.17, 15) is 13.2 Å². The molecule has 3 N–H and O–H groups in total. The van der Waals surface area contributed by atoms with Gasteiger partial charge in [-0.15, -0.1) is 0 Å². The Labute approximate surface area is 121 Å². The van der Waals surface area contributed by atoms with Crippen LogP contribution in [0.3, 0.4) is 0 Å². The minimum atomic E-state index is -1.45. The van der Waals surface area contributed by atoms with E-state index in [0.717, 1.165) is 25.5 Å². The van der Waals surface area contributed by atoms with Crippen LogP contribution >= 0.6 is 0 Å². The molecule has 1 fully saturated rings. The van der Waals surface area contributed by atoms with Crippen molar-refractivity contribution in [1.82, 2.24) is 5.32 Å². The molecule has 0 spiro atoms. The van der Waals surface area contributed by atoms with Crippen molar-refractivity contribution in [2.75, 3.05) is 19.7 Å². The lowest BCUT2D eigenvalue weighted by Crippen LogP contribution is -2.34. The van der Waals surface area contributed by atoms with Crippen LogP contribution in [0.4, 0.5) is 13.2 Å². The Morgan fingerprint density at radius 2 is 2.14 bits per heavy atom. The van der Waals surface area contributed by atoms with Gasteiger partial charge in [-0.2, -0.15) is 0 Å². The summed E-state index contributed by atoms with van der Waals surface area (Å²) in [6.07, 6.45) is 2.29. The van der Waals surface area contributed by atoms with E-state index in [4.69, 9.17) is 10.5 Å². The molecule has 0 radical (unpaired) electrons. The number of halogens is 3. The molecule has 0 aromatic heterocycles. The Bertz CT molecular complexity index is 516. The molecule has 0 saturated carbocycles. The van der Waals surface area contributed by atoms with Crippen LogP contribution in [-0.2, 0) is 11.2 Å². The van der Waals surface area contributed by atoms with Crippen LogP contribution in [0.15, 0.2) is 17.1 Å². The molecule has 1 aliphatic rings. The number of aliphatic imine (C=N–C) groups is 1. The second kappa shape index (κ2) is 7.31. The maximum Gasteiger partial charge on any atom is 0.194 e. The molecule has 1 aromatic carbocycles. The molecule has 0 aliphatic carbocycles. The molecule has 0 amide bonds. The maximum atomic E-state index is 13.4. The van der Waals surface area contributed by atoms with Crippen molar-refractivity contribution in [1.29, 1.82) is 0 Å². The van der Waals surface area contributed by atoms with Crippen molar-refractivity contribution in [3.63, 3.8) is 0 Å². The number of nitrogens with zero attached hydrogens (tertiary/aromatic N) is 1. The summed E-state index contributed by atoms with van der Waals surface area (Å²) in [6, 6.07) is 2.12. The number of nitrogens with one attached hydrogen (secondary N) is 1. The van der Waals surface area contributed by atoms with Gasteiger partial charge < -0.3 is 15.8 Å². The monoisotopic (exact) mass is 301 g/mol. The van der Waals surface area contributed by atoms with Crippen LogP contribution in [0.25, 0.3) is 0 Å². The van der Waals surface area contributed by atoms with Gasteiger partial charge in [-0.3, -0.25) is 4.99 Å². The summed E-state index contributed by atoms with van der Waals surface area (Å²) in [4.78, 5) is 4.12. The van der Waals surface area contributed by atoms with Crippen LogP contribution in [0, 0.1) is 17.5 Å². The molecule has 1 saturated heterocycles. The second-order valence-corrected chi connectivity index (χ2v) is 4.87. The molecule has 0 bridgehead atoms. The van der Waals surface area contributed by atoms with Crippen molar-refractivity contribution in [2.24, 2.45) is 10.7 Å². The standard InChI is InChI=1S/C14H18F3N3O/c15-11-4-3-9(12(16)13(11)17)5-6-19-14(18)20-8-10-2-1-7-21-10/h3-4,10H,1-2,5-8H2,(H3,18,19,20). The predicted octanol–water partition coefficient (Wildman–Crippen LogP) is 1.73. The fraction of sp³-hybridized carbons (Fsp3) is 0.500. The third-order valence-corrected chi connectivity index (χ3v) is 3.30. The highest BCUT2D eigenvalue weighted by Gasteiger charge is 2.15. The van der Waals surface area contributed by atoms with Gasteiger partial charge in [0.2, 0.25) is 0 Å². The van der Waals surface area contributed by atoms with E-state index in [1.54, 1.807) is 0 Å². The first-order valence-electron chi connectivity index (χ1n) is 6.85. The van der Waals surface area contributed by atoms with Gasteiger partial charge in [-0.25, -0.2) is 13.2 Å². The molecule has 1 heterocycles. The van der Waals surface area contributed by atoms with Gasteiger partial charge in [-0.05, 0) is 30.9 Å². The fourth-order valence-corrected chi connectivity index (χ4v) is 2.13. The van der Waals surface area contributed by atoms with Gasteiger partial charge >= 0.3 is 0 Å². The van der Waals surface area contributed by atoms with Gasteiger partial charge in [-0.1, -0.05) is 6.07 Å². The van der Waals surface area contributed by atoms with Gasteiger partial charge in [0.15, 0.2) is 23.4 Å². The van der Waals surface area contributed by atoms with E-state index in [2.05, 4.69) is 10.3 Å². The minimum absolute atomic E-state index is 0.0910. The molecule has 2 rings (SSSR count). The Morgan fingerprint density at radius 3 is 2.86 bits per heavy atom. The fourth-order valence-electron chi connectivity index (χ4n) is 2.13. The average Bonchev–Trinajstić information content (AvgIpc) is 2.98. The van der Waals surface area contributed by atoms with Crippen LogP contribution in [0.1, 0.15) is 18.4 Å². The van der Waals surface area contributed by atoms with E-state index >= 15 is 0 Å². The Hall–Kier alpha value is -1.76. The first-order chi connectivity index (χ1) is 10.1. The third kappa shape index (κ3) is 4.35. The van der Waals surface area contributed by atoms with Crippen molar-refractivity contribution in [3.8, 4) is 0 Å². The first kappa shape index (κ1) is 15.6. The predicted molar refractivity (Wildman–Crippen MR) is 73.5 cm³/mol. The maximum absolute atomic E-state index is 13.4. The van der Waals surface area contributed by atoms with Gasteiger partial charge in [0.25, 0.3) is 0 Å². The lowest BCUT2D eigenvalue weighted by molar-refractivity contribution is 0.118. The Morgan fingerprint density at radius 1 is 1.33 bits per heavy atom. The summed E-state index contributed by atoms with van der Waals surface area (Å²) >= 11 is 0. The summed E-state index contributed by atoms with van der Waals surface area (Å²) in [5.74, 6) is -3.57. The minimum Gasteiger partial charge on any atom is -0.376 e. The van der Waals surface area contributed by atoms with Crippen molar-refractivity contribution in [3.05, 3.63) is 35.1 Å². The number of benzene rings is 1. The zero-order chi connectivity index (χ0) is 15.2. The molecular formula is C14H18F3N3O. The third-order valence-electron chi connectivity index (χ3n) is 3.30. The highest BCUT2D eigenvalue weighted by molar-refractivity contribution is 5.77. The molecule has 116 valence electrons. The van der Waals surface area contributed by atoms with E-state index in [1.165, 1.54) is 6.07 Å². The van der Waals surface area contributed by atoms with Crippen LogP contribution in [-0.4, -0.2) is 31.8 Å². The zero-order valence-electron chi connectivity index (χ0n) is 11.5. The summed E-state index contributed by atoms with van der Waals surface area (Å²) in [5, 5.41) is 2.81. The van der Waals surface area contributed by atoms with E-state index in [0.29, 0.717) is 6.54 Å². The second-order valence-electron chi connectivity index (χ2n) is 4.87. The molecule has 4 nitrogen and oxygen atoms in total. The van der Waals surface area contributed by atoms with Crippen molar-refractivity contribution >= 4 is 5.96 Å². The number of hydrogen-bond acceptors (Lipinski definition) is 2. The number of guanidine groups is 1. The Kier molecular flexibility index (Phi) is 5.44. The van der Waals surface area contributed by atoms with E-state index in [-0.39, 0.29) is 30.6 Å². The van der Waals surface area contributed by atoms with Crippen LogP contribution in [0.5, 0.6) is 0 Å². The molecular weight excluding hydrogens is 283 g/mol.